The lowest BCUT2D eigenvalue weighted by molar-refractivity contribution is -0.111. The van der Waals surface area contributed by atoms with E-state index in [4.69, 9.17) is 16.3 Å². The fourth-order valence-electron chi connectivity index (χ4n) is 3.63. The van der Waals surface area contributed by atoms with E-state index in [9.17, 15) is 4.79 Å². The number of anilines is 7. The number of carbonyl (C=O) groups is 1. The maximum atomic E-state index is 12.2. The van der Waals surface area contributed by atoms with Crippen LogP contribution in [0.15, 0.2) is 49.2 Å². The maximum absolute atomic E-state index is 12.2. The summed E-state index contributed by atoms with van der Waals surface area (Å²) in [5.74, 6) is 0.953. The van der Waals surface area contributed by atoms with Crippen molar-refractivity contribution < 1.29 is 9.53 Å². The largest absolute Gasteiger partial charge is 0.494 e. The zero-order valence-corrected chi connectivity index (χ0v) is 24.6. The quantitative estimate of drug-likeness (QED) is 0.150. The van der Waals surface area contributed by atoms with Gasteiger partial charge in [0.15, 0.2) is 5.82 Å². The van der Waals surface area contributed by atoms with Crippen LogP contribution in [0.1, 0.15) is 5.56 Å². The lowest BCUT2D eigenvalue weighted by Crippen LogP contribution is -2.29. The van der Waals surface area contributed by atoms with Gasteiger partial charge in [-0.2, -0.15) is 4.98 Å². The summed E-state index contributed by atoms with van der Waals surface area (Å²) in [6, 6.07) is 9.64. The van der Waals surface area contributed by atoms with Gasteiger partial charge in [-0.25, -0.2) is 4.98 Å². The number of rotatable bonds is 13. The van der Waals surface area contributed by atoms with Crippen molar-refractivity contribution in [3.05, 3.63) is 59.8 Å². The molecule has 3 rings (SSSR count). The predicted molar refractivity (Wildman–Crippen MR) is 166 cm³/mol. The Bertz CT molecular complexity index is 1320. The minimum atomic E-state index is -0.324. The second-order valence-electron chi connectivity index (χ2n) is 8.98. The summed E-state index contributed by atoms with van der Waals surface area (Å²) in [6.07, 6.45) is 4.70. The average Bonchev–Trinajstić information content (AvgIpc) is 2.90. The van der Waals surface area contributed by atoms with Crippen LogP contribution in [0.3, 0.4) is 0 Å². The summed E-state index contributed by atoms with van der Waals surface area (Å²) in [4.78, 5) is 25.3. The number of hydrogen-bond donors (Lipinski definition) is 4. The van der Waals surface area contributed by atoms with Gasteiger partial charge in [0.05, 0.1) is 41.7 Å². The van der Waals surface area contributed by atoms with Crippen molar-refractivity contribution in [2.45, 2.75) is 6.92 Å². The number of hydrogen-bond acceptors (Lipinski definition) is 10. The fourth-order valence-corrected chi connectivity index (χ4v) is 4.16. The molecule has 4 N–H and O–H groups in total. The molecule has 12 heteroatoms. The molecule has 0 aliphatic rings. The number of ether oxygens (including phenoxy) is 1. The van der Waals surface area contributed by atoms with Crippen molar-refractivity contribution in [3.8, 4) is 5.75 Å². The zero-order valence-electron chi connectivity index (χ0n) is 23.1. The molecule has 0 unspecified atom stereocenters. The van der Waals surface area contributed by atoms with E-state index in [1.54, 1.807) is 13.2 Å². The molecule has 0 saturated carbocycles. The van der Waals surface area contributed by atoms with Crippen molar-refractivity contribution >= 4 is 69.7 Å². The van der Waals surface area contributed by atoms with Gasteiger partial charge in [-0.05, 0) is 50.9 Å². The van der Waals surface area contributed by atoms with Crippen LogP contribution in [0.5, 0.6) is 5.75 Å². The second-order valence-corrected chi connectivity index (χ2v) is 10.0. The van der Waals surface area contributed by atoms with E-state index in [1.807, 2.05) is 63.5 Å². The SMILES string of the molecule is C=CC(=O)Nc1cc(Nc2ncc(Cl)c(Nc3ccc(C)cc3NSC)n2)c(OC)cc1N(C)CCN(C)C. The Morgan fingerprint density at radius 2 is 1.87 bits per heavy atom. The first-order chi connectivity index (χ1) is 18.6. The van der Waals surface area contributed by atoms with Crippen LogP contribution < -0.4 is 30.3 Å². The lowest BCUT2D eigenvalue weighted by Gasteiger charge is -2.26. The number of amides is 1. The van der Waals surface area contributed by atoms with E-state index in [2.05, 4.69) is 42.1 Å². The van der Waals surface area contributed by atoms with E-state index in [1.165, 1.54) is 24.2 Å². The number of aromatic nitrogens is 2. The third-order valence-corrected chi connectivity index (χ3v) is 6.39. The molecule has 3 aromatic rings. The Hall–Kier alpha value is -3.67. The van der Waals surface area contributed by atoms with Gasteiger partial charge in [0.1, 0.15) is 10.8 Å². The molecule has 0 fully saturated rings. The number of methoxy groups -OCH3 is 1. The van der Waals surface area contributed by atoms with Crippen LogP contribution in [-0.2, 0) is 4.79 Å². The topological polar surface area (TPSA) is 107 Å². The van der Waals surface area contributed by atoms with Gasteiger partial charge < -0.3 is 35.2 Å². The number of nitrogens with zero attached hydrogens (tertiary/aromatic N) is 4. The van der Waals surface area contributed by atoms with Crippen molar-refractivity contribution in [1.82, 2.24) is 14.9 Å². The van der Waals surface area contributed by atoms with E-state index in [-0.39, 0.29) is 5.91 Å². The van der Waals surface area contributed by atoms with Crippen LogP contribution in [0.2, 0.25) is 5.02 Å². The molecule has 1 aromatic heterocycles. The van der Waals surface area contributed by atoms with Crippen LogP contribution in [0, 0.1) is 6.92 Å². The molecule has 2 aromatic carbocycles. The molecule has 0 bridgehead atoms. The standard InChI is InChI=1S/C27H35ClN8O2S/c1-8-25(37)30-21-14-22(24(38-6)15-23(21)36(5)12-11-35(3)4)32-27-29-16-18(28)26(33-27)31-19-10-9-17(2)13-20(19)34-39-7/h8-10,13-16,34H,1,11-12H2,2-7H3,(H,30,37)(H2,29,31,32,33). The highest BCUT2D eigenvalue weighted by Crippen LogP contribution is 2.38. The van der Waals surface area contributed by atoms with Gasteiger partial charge in [0.25, 0.3) is 0 Å². The van der Waals surface area contributed by atoms with Crippen molar-refractivity contribution in [1.29, 1.82) is 0 Å². The monoisotopic (exact) mass is 570 g/mol. The summed E-state index contributed by atoms with van der Waals surface area (Å²) in [5.41, 5.74) is 4.79. The van der Waals surface area contributed by atoms with Crippen molar-refractivity contribution in [2.24, 2.45) is 0 Å². The van der Waals surface area contributed by atoms with Crippen molar-refractivity contribution in [3.63, 3.8) is 0 Å². The van der Waals surface area contributed by atoms with Gasteiger partial charge in [-0.3, -0.25) is 4.79 Å². The maximum Gasteiger partial charge on any atom is 0.247 e. The first-order valence-electron chi connectivity index (χ1n) is 12.1. The van der Waals surface area contributed by atoms with Gasteiger partial charge in [-0.1, -0.05) is 36.2 Å². The number of aryl methyl sites for hydroxylation is 1. The molecule has 0 radical (unpaired) electrons. The third kappa shape index (κ3) is 8.16. The summed E-state index contributed by atoms with van der Waals surface area (Å²) in [7, 11) is 7.56. The fraction of sp³-hybridized carbons (Fsp3) is 0.296. The molecule has 0 aliphatic carbocycles. The Morgan fingerprint density at radius 1 is 1.10 bits per heavy atom. The van der Waals surface area contributed by atoms with E-state index in [0.717, 1.165) is 35.7 Å². The van der Waals surface area contributed by atoms with Crippen LogP contribution >= 0.6 is 23.5 Å². The van der Waals surface area contributed by atoms with E-state index >= 15 is 0 Å². The first-order valence-corrected chi connectivity index (χ1v) is 13.7. The molecule has 39 heavy (non-hydrogen) atoms. The van der Waals surface area contributed by atoms with Crippen molar-refractivity contribution in [2.75, 3.05) is 73.2 Å². The van der Waals surface area contributed by atoms with Crippen LogP contribution in [0.25, 0.3) is 0 Å². The summed E-state index contributed by atoms with van der Waals surface area (Å²) in [6.45, 7) is 7.17. The minimum Gasteiger partial charge on any atom is -0.494 e. The molecule has 1 heterocycles. The molecular formula is C27H35ClN8O2S. The normalized spacial score (nSPS) is 10.7. The lowest BCUT2D eigenvalue weighted by atomic mass is 10.2. The van der Waals surface area contributed by atoms with Gasteiger partial charge >= 0.3 is 0 Å². The Morgan fingerprint density at radius 3 is 2.54 bits per heavy atom. The number of halogens is 1. The molecule has 0 atom stereocenters. The van der Waals surface area contributed by atoms with E-state index < -0.39 is 0 Å². The minimum absolute atomic E-state index is 0.293. The predicted octanol–water partition coefficient (Wildman–Crippen LogP) is 5.75. The highest BCUT2D eigenvalue weighted by molar-refractivity contribution is 7.99. The van der Waals surface area contributed by atoms with E-state index in [0.29, 0.717) is 33.9 Å². The zero-order chi connectivity index (χ0) is 28.5. The summed E-state index contributed by atoms with van der Waals surface area (Å²) in [5, 5.41) is 9.75. The molecule has 0 spiro atoms. The highest BCUT2D eigenvalue weighted by atomic mass is 35.5. The molecule has 208 valence electrons. The smallest absolute Gasteiger partial charge is 0.247 e. The molecular weight excluding hydrogens is 536 g/mol. The molecule has 1 amide bonds. The number of nitrogens with one attached hydrogen (secondary N) is 4. The third-order valence-electron chi connectivity index (χ3n) is 5.69. The summed E-state index contributed by atoms with van der Waals surface area (Å²) < 4.78 is 8.95. The number of benzene rings is 2. The van der Waals surface area contributed by atoms with Gasteiger partial charge in [0.2, 0.25) is 11.9 Å². The molecule has 0 aliphatic heterocycles. The molecule has 10 nitrogen and oxygen atoms in total. The van der Waals surface area contributed by atoms with Crippen LogP contribution in [-0.4, -0.2) is 68.4 Å². The van der Waals surface area contributed by atoms with Gasteiger partial charge in [0, 0.05) is 32.5 Å². The summed E-state index contributed by atoms with van der Waals surface area (Å²) >= 11 is 7.93. The number of likely N-dealkylation sites (N-methyl/N-ethyl adjacent to an activating group) is 2. The average molecular weight is 571 g/mol. The Balaban J connectivity index is 1.96. The van der Waals surface area contributed by atoms with Gasteiger partial charge in [-0.15, -0.1) is 0 Å². The number of carbonyl (C=O) groups excluding carboxylic acids is 1. The Labute approximate surface area is 239 Å². The highest BCUT2D eigenvalue weighted by Gasteiger charge is 2.17. The van der Waals surface area contributed by atoms with Crippen LogP contribution in [0.4, 0.5) is 40.2 Å². The second kappa shape index (κ2) is 13.9. The molecule has 0 saturated heterocycles. The first kappa shape index (κ1) is 29.9. The Kier molecular flexibility index (Phi) is 10.7.